The van der Waals surface area contributed by atoms with Crippen molar-refractivity contribution in [3.05, 3.63) is 72.8 Å². The highest BCUT2D eigenvalue weighted by molar-refractivity contribution is 7.69. The molecule has 6 rings (SSSR count). The van der Waals surface area contributed by atoms with Gasteiger partial charge in [0.05, 0.1) is 33.6 Å². The van der Waals surface area contributed by atoms with Crippen molar-refractivity contribution in [1.29, 1.82) is 0 Å². The molecule has 0 bridgehead atoms. The third kappa shape index (κ3) is 4.77. The van der Waals surface area contributed by atoms with Crippen LogP contribution in [0.5, 0.6) is 11.5 Å². The molecule has 0 aliphatic carbocycles. The average Bonchev–Trinajstić information content (AvgIpc) is 3.32. The van der Waals surface area contributed by atoms with Crippen LogP contribution in [-0.4, -0.2) is 33.1 Å². The van der Waals surface area contributed by atoms with E-state index in [2.05, 4.69) is 41.2 Å². The van der Waals surface area contributed by atoms with Gasteiger partial charge in [0.25, 0.3) is 7.37 Å². The minimum absolute atomic E-state index is 0.198. The molecule has 1 saturated heterocycles. The lowest BCUT2D eigenvalue weighted by atomic mass is 9.82. The topological polar surface area (TPSA) is 101 Å². The van der Waals surface area contributed by atoms with E-state index in [1.54, 1.807) is 48.5 Å². The lowest BCUT2D eigenvalue weighted by molar-refractivity contribution is -0.121. The van der Waals surface area contributed by atoms with Gasteiger partial charge in [-0.1, -0.05) is 43.3 Å². The fourth-order valence-corrected chi connectivity index (χ4v) is 11.1. The number of carbonyl (C=O) groups excluding carboxylic acids is 2. The highest BCUT2D eigenvalue weighted by Crippen LogP contribution is 2.60. The van der Waals surface area contributed by atoms with Crippen LogP contribution in [-0.2, 0) is 14.2 Å². The van der Waals surface area contributed by atoms with Crippen LogP contribution < -0.4 is 19.5 Å². The largest absolute Gasteiger partial charge is 0.486 e. The molecule has 0 aromatic heterocycles. The van der Waals surface area contributed by atoms with Crippen molar-refractivity contribution in [2.45, 2.75) is 57.3 Å². The van der Waals surface area contributed by atoms with Crippen LogP contribution in [0.3, 0.4) is 0 Å². The van der Waals surface area contributed by atoms with Crippen molar-refractivity contribution < 1.29 is 23.4 Å². The summed E-state index contributed by atoms with van der Waals surface area (Å²) in [5.41, 5.74) is -0.123. The molecule has 9 nitrogen and oxygen atoms in total. The summed E-state index contributed by atoms with van der Waals surface area (Å²) in [5, 5.41) is 0.467. The van der Waals surface area contributed by atoms with Crippen molar-refractivity contribution in [2.75, 3.05) is 4.90 Å². The summed E-state index contributed by atoms with van der Waals surface area (Å²) in [6.45, 7) is 8.37. The SMILES string of the molecule is CCC(C)(Oc1ccc(N2C(=O)CC(P3(=O)Oc4ccccc4-c4ccccc43)C2=O)cc1)C(C)(C)N1P=N[P-]N=P1. The van der Waals surface area contributed by atoms with Gasteiger partial charge in [-0.05, 0) is 69.2 Å². The fourth-order valence-electron chi connectivity index (χ4n) is 5.46. The quantitative estimate of drug-likeness (QED) is 0.190. The van der Waals surface area contributed by atoms with Crippen LogP contribution in [0.25, 0.3) is 11.1 Å². The molecule has 0 spiro atoms. The second-order valence-corrected chi connectivity index (χ2v) is 16.5. The molecular weight excluding hydrogens is 608 g/mol. The number of amides is 2. The summed E-state index contributed by atoms with van der Waals surface area (Å²) in [6.07, 6.45) is 0.530. The highest BCUT2D eigenvalue weighted by atomic mass is 31.2. The average molecular weight is 637 g/mol. The molecule has 42 heavy (non-hydrogen) atoms. The molecule has 3 aliphatic rings. The number of imide groups is 1. The minimum atomic E-state index is -3.77. The standard InChI is InChI=1S/C29H29N4O5P4/c1-5-29(4,28(2,3)33-40-30-39-31-41-33)37-20-16-14-19(15-17-20)32-26(34)18-25(27(32)35)42(36)24-13-9-7-11-22(24)21-10-6-8-12-23(21)38-42/h6-17,25H,5,18H2,1-4H3/q-1. The van der Waals surface area contributed by atoms with E-state index in [0.29, 0.717) is 22.5 Å². The summed E-state index contributed by atoms with van der Waals surface area (Å²) < 4.78 is 38.1. The molecule has 216 valence electrons. The number of nitrogens with zero attached hydrogens (tertiary/aromatic N) is 4. The fraction of sp³-hybridized carbons (Fsp3) is 0.310. The predicted molar refractivity (Wildman–Crippen MR) is 168 cm³/mol. The van der Waals surface area contributed by atoms with Crippen LogP contribution in [0.2, 0.25) is 0 Å². The molecular formula is C29H29N4O5P4-. The molecule has 3 aliphatic heterocycles. The Morgan fingerprint density at radius 1 is 0.976 bits per heavy atom. The second-order valence-electron chi connectivity index (χ2n) is 11.0. The van der Waals surface area contributed by atoms with Gasteiger partial charge in [-0.2, -0.15) is 4.44 Å². The Balaban J connectivity index is 1.26. The van der Waals surface area contributed by atoms with E-state index in [1.165, 1.54) is 0 Å². The first-order valence-electron chi connectivity index (χ1n) is 13.5. The van der Waals surface area contributed by atoms with Gasteiger partial charge in [-0.25, -0.2) is 4.90 Å². The van der Waals surface area contributed by atoms with Crippen molar-refractivity contribution in [3.63, 3.8) is 0 Å². The van der Waals surface area contributed by atoms with Crippen molar-refractivity contribution in [2.24, 2.45) is 9.03 Å². The monoisotopic (exact) mass is 637 g/mol. The van der Waals surface area contributed by atoms with Gasteiger partial charge in [0.2, 0.25) is 11.8 Å². The summed E-state index contributed by atoms with van der Waals surface area (Å²) in [7, 11) is -1.34. The smallest absolute Gasteiger partial charge is 0.290 e. The molecule has 3 aromatic rings. The summed E-state index contributed by atoms with van der Waals surface area (Å²) in [6, 6.07) is 21.5. The van der Waals surface area contributed by atoms with Crippen molar-refractivity contribution in [1.82, 2.24) is 4.44 Å². The number of benzene rings is 3. The molecule has 13 heteroatoms. The molecule has 0 N–H and O–H groups in total. The van der Waals surface area contributed by atoms with Crippen molar-refractivity contribution in [3.8, 4) is 22.6 Å². The number of carbonyl (C=O) groups is 2. The second kappa shape index (κ2) is 11.1. The van der Waals surface area contributed by atoms with E-state index in [4.69, 9.17) is 9.26 Å². The van der Waals surface area contributed by atoms with Gasteiger partial charge in [0.1, 0.15) is 22.8 Å². The number of hydrogen-bond acceptors (Lipinski definition) is 8. The number of rotatable bonds is 7. The van der Waals surface area contributed by atoms with E-state index in [1.807, 2.05) is 24.3 Å². The van der Waals surface area contributed by atoms with Gasteiger partial charge in [0.15, 0.2) is 0 Å². The van der Waals surface area contributed by atoms with Gasteiger partial charge in [-0.15, -0.1) is 0 Å². The number of para-hydroxylation sites is 1. The third-order valence-electron chi connectivity index (χ3n) is 8.42. The van der Waals surface area contributed by atoms with Crippen LogP contribution >= 0.6 is 33.3 Å². The number of ether oxygens (including phenoxy) is 1. The molecule has 3 atom stereocenters. The Kier molecular flexibility index (Phi) is 7.71. The molecule has 0 saturated carbocycles. The predicted octanol–water partition coefficient (Wildman–Crippen LogP) is 8.49. The Hall–Kier alpha value is -2.78. The molecule has 3 heterocycles. The van der Waals surface area contributed by atoms with E-state index in [9.17, 15) is 14.2 Å². The van der Waals surface area contributed by atoms with Gasteiger partial charge >= 0.3 is 0 Å². The molecule has 1 fully saturated rings. The maximum Gasteiger partial charge on any atom is 0.290 e. The van der Waals surface area contributed by atoms with Gasteiger partial charge in [0, 0.05) is 12.0 Å². The van der Waals surface area contributed by atoms with Gasteiger partial charge < -0.3 is 18.3 Å². The Labute approximate surface area is 250 Å². The number of fused-ring (bicyclic) bond motifs is 3. The lowest BCUT2D eigenvalue weighted by Crippen LogP contribution is -2.56. The van der Waals surface area contributed by atoms with Crippen LogP contribution in [0.4, 0.5) is 5.69 Å². The first kappa shape index (κ1) is 29.3. The van der Waals surface area contributed by atoms with Crippen LogP contribution in [0, 0.1) is 0 Å². The number of hydrogen-bond donors (Lipinski definition) is 0. The summed E-state index contributed by atoms with van der Waals surface area (Å²) >= 11 is 0. The first-order chi connectivity index (χ1) is 20.1. The van der Waals surface area contributed by atoms with Crippen molar-refractivity contribution >= 4 is 56.1 Å². The molecule has 2 amide bonds. The van der Waals surface area contributed by atoms with E-state index in [-0.39, 0.29) is 6.42 Å². The first-order valence-corrected chi connectivity index (χ1v) is 17.6. The van der Waals surface area contributed by atoms with E-state index in [0.717, 1.165) is 48.4 Å². The third-order valence-corrected chi connectivity index (χ3v) is 14.3. The zero-order valence-corrected chi connectivity index (χ0v) is 27.1. The highest BCUT2D eigenvalue weighted by Gasteiger charge is 2.54. The lowest BCUT2D eigenvalue weighted by Gasteiger charge is -2.47. The summed E-state index contributed by atoms with van der Waals surface area (Å²) in [4.78, 5) is 28.2. The maximum absolute atomic E-state index is 14.6. The molecule has 3 aromatic carbocycles. The number of anilines is 1. The Morgan fingerprint density at radius 3 is 2.31 bits per heavy atom. The minimum Gasteiger partial charge on any atom is -0.486 e. The molecule has 0 radical (unpaired) electrons. The normalized spacial score (nSPS) is 24.6. The Morgan fingerprint density at radius 2 is 1.62 bits per heavy atom. The van der Waals surface area contributed by atoms with Crippen LogP contribution in [0.1, 0.15) is 40.5 Å². The van der Waals surface area contributed by atoms with E-state index >= 15 is 0 Å². The summed E-state index contributed by atoms with van der Waals surface area (Å²) in [5.74, 6) is 0.119. The van der Waals surface area contributed by atoms with Crippen LogP contribution in [0.15, 0.2) is 81.8 Å². The van der Waals surface area contributed by atoms with E-state index < -0.39 is 36.0 Å². The molecule has 3 unspecified atom stereocenters. The zero-order chi connectivity index (χ0) is 29.7. The Bertz CT molecular complexity index is 1670. The van der Waals surface area contributed by atoms with Gasteiger partial charge in [-0.3, -0.25) is 23.0 Å². The maximum atomic E-state index is 14.6. The zero-order valence-electron chi connectivity index (χ0n) is 23.5.